The molecule has 1 N–H and O–H groups in total. The quantitative estimate of drug-likeness (QED) is 0.500. The first-order chi connectivity index (χ1) is 11.3. The fraction of sp³-hybridized carbons (Fsp3) is 0.556. The molecule has 2 aromatic heterocycles. The van der Waals surface area contributed by atoms with E-state index in [0.717, 1.165) is 29.5 Å². The number of thioether (sulfide) groups is 1. The van der Waals surface area contributed by atoms with Crippen LogP contribution in [0.25, 0.3) is 10.2 Å². The van der Waals surface area contributed by atoms with Gasteiger partial charge in [0.15, 0.2) is 5.16 Å². The monoisotopic (exact) mass is 364 g/mol. The number of thiophene rings is 1. The first-order valence-corrected chi connectivity index (χ1v) is 10.1. The fourth-order valence-electron chi connectivity index (χ4n) is 3.05. The summed E-state index contributed by atoms with van der Waals surface area (Å²) in [5.41, 5.74) is 0.438. The Morgan fingerprint density at radius 1 is 1.54 bits per heavy atom. The first-order valence-electron chi connectivity index (χ1n) is 8.31. The Morgan fingerprint density at radius 3 is 2.96 bits per heavy atom. The maximum Gasteiger partial charge on any atom is 0.263 e. The molecule has 3 rings (SSSR count). The number of aryl methyl sites for hydroxylation is 1. The van der Waals surface area contributed by atoms with Gasteiger partial charge in [-0.3, -0.25) is 9.36 Å². The molecule has 2 heterocycles. The summed E-state index contributed by atoms with van der Waals surface area (Å²) in [6, 6.07) is 0. The van der Waals surface area contributed by atoms with Gasteiger partial charge >= 0.3 is 0 Å². The summed E-state index contributed by atoms with van der Waals surface area (Å²) in [7, 11) is 0. The largest absolute Gasteiger partial charge is 0.390 e. The second-order valence-electron chi connectivity index (χ2n) is 7.23. The van der Waals surface area contributed by atoms with E-state index in [4.69, 9.17) is 4.98 Å². The number of hydrogen-bond acceptors (Lipinski definition) is 5. The average molecular weight is 365 g/mol. The van der Waals surface area contributed by atoms with Crippen molar-refractivity contribution >= 4 is 33.3 Å². The van der Waals surface area contributed by atoms with Crippen molar-refractivity contribution in [2.45, 2.75) is 57.3 Å². The molecule has 0 bridgehead atoms. The maximum absolute atomic E-state index is 13.1. The minimum absolute atomic E-state index is 0.0326. The minimum Gasteiger partial charge on any atom is -0.390 e. The van der Waals surface area contributed by atoms with Gasteiger partial charge in [0, 0.05) is 17.2 Å². The molecule has 1 aliphatic carbocycles. The van der Waals surface area contributed by atoms with E-state index < -0.39 is 5.60 Å². The fourth-order valence-corrected chi connectivity index (χ4v) is 5.43. The number of aliphatic hydroxyl groups is 1. The van der Waals surface area contributed by atoms with Crippen LogP contribution in [0.5, 0.6) is 0 Å². The van der Waals surface area contributed by atoms with Gasteiger partial charge in [-0.15, -0.1) is 17.9 Å². The van der Waals surface area contributed by atoms with E-state index in [2.05, 4.69) is 13.5 Å². The van der Waals surface area contributed by atoms with Crippen molar-refractivity contribution in [3.05, 3.63) is 33.4 Å². The van der Waals surface area contributed by atoms with Crippen LogP contribution < -0.4 is 5.56 Å². The van der Waals surface area contributed by atoms with Crippen molar-refractivity contribution in [1.29, 1.82) is 0 Å². The van der Waals surface area contributed by atoms with Gasteiger partial charge in [-0.1, -0.05) is 24.8 Å². The molecule has 6 heteroatoms. The standard InChI is InChI=1S/C18H24N2O2S2/c1-5-8-20-16(21)14-12-7-6-11(2)9-13(12)24-15(14)19-17(20)23-10-18(3,4)22/h5,11,22H,1,6-10H2,2-4H3. The molecule has 0 fully saturated rings. The Labute approximate surface area is 150 Å². The number of allylic oxidation sites excluding steroid dienone is 1. The minimum atomic E-state index is -0.805. The van der Waals surface area contributed by atoms with Gasteiger partial charge in [0.2, 0.25) is 0 Å². The third kappa shape index (κ3) is 3.46. The second kappa shape index (κ2) is 6.65. The van der Waals surface area contributed by atoms with Crippen LogP contribution in [0.3, 0.4) is 0 Å². The van der Waals surface area contributed by atoms with Crippen molar-refractivity contribution in [2.24, 2.45) is 5.92 Å². The molecule has 4 nitrogen and oxygen atoms in total. The summed E-state index contributed by atoms with van der Waals surface area (Å²) in [6.45, 7) is 10.0. The Kier molecular flexibility index (Phi) is 4.91. The molecule has 0 saturated carbocycles. The third-order valence-electron chi connectivity index (χ3n) is 4.25. The lowest BCUT2D eigenvalue weighted by Gasteiger charge is -2.18. The number of aromatic nitrogens is 2. The van der Waals surface area contributed by atoms with Gasteiger partial charge in [0.1, 0.15) is 4.83 Å². The van der Waals surface area contributed by atoms with Gasteiger partial charge in [0.05, 0.1) is 11.0 Å². The smallest absolute Gasteiger partial charge is 0.263 e. The van der Waals surface area contributed by atoms with Gasteiger partial charge in [0.25, 0.3) is 5.56 Å². The van der Waals surface area contributed by atoms with Crippen LogP contribution in [0.4, 0.5) is 0 Å². The Morgan fingerprint density at radius 2 is 2.29 bits per heavy atom. The van der Waals surface area contributed by atoms with Crippen LogP contribution in [-0.2, 0) is 19.4 Å². The predicted molar refractivity (Wildman–Crippen MR) is 102 cm³/mol. The maximum atomic E-state index is 13.1. The van der Waals surface area contributed by atoms with E-state index in [0.29, 0.717) is 23.4 Å². The highest BCUT2D eigenvalue weighted by Gasteiger charge is 2.25. The van der Waals surface area contributed by atoms with Gasteiger partial charge in [-0.05, 0) is 44.6 Å². The van der Waals surface area contributed by atoms with E-state index in [1.165, 1.54) is 22.2 Å². The van der Waals surface area contributed by atoms with E-state index in [1.54, 1.807) is 35.8 Å². The zero-order chi connectivity index (χ0) is 17.5. The van der Waals surface area contributed by atoms with Crippen molar-refractivity contribution in [3.63, 3.8) is 0 Å². The highest BCUT2D eigenvalue weighted by molar-refractivity contribution is 7.99. The predicted octanol–water partition coefficient (Wildman–Crippen LogP) is 3.63. The Hall–Kier alpha value is -1.11. The zero-order valence-corrected chi connectivity index (χ0v) is 16.1. The summed E-state index contributed by atoms with van der Waals surface area (Å²) >= 11 is 3.10. The third-order valence-corrected chi connectivity index (χ3v) is 6.82. The first kappa shape index (κ1) is 17.7. The van der Waals surface area contributed by atoms with Crippen LogP contribution in [0.2, 0.25) is 0 Å². The van der Waals surface area contributed by atoms with Gasteiger partial charge < -0.3 is 5.11 Å². The lowest BCUT2D eigenvalue weighted by molar-refractivity contribution is 0.107. The van der Waals surface area contributed by atoms with Crippen LogP contribution in [-0.4, -0.2) is 26.0 Å². The number of nitrogens with zero attached hydrogens (tertiary/aromatic N) is 2. The van der Waals surface area contributed by atoms with Crippen LogP contribution >= 0.6 is 23.1 Å². The summed E-state index contributed by atoms with van der Waals surface area (Å²) < 4.78 is 1.69. The molecule has 0 amide bonds. The Balaban J connectivity index is 2.13. The van der Waals surface area contributed by atoms with Crippen LogP contribution in [0, 0.1) is 5.92 Å². The summed E-state index contributed by atoms with van der Waals surface area (Å²) in [5.74, 6) is 1.16. The summed E-state index contributed by atoms with van der Waals surface area (Å²) in [5, 5.41) is 11.5. The normalized spacial score (nSPS) is 17.9. The number of rotatable bonds is 5. The number of fused-ring (bicyclic) bond motifs is 3. The molecule has 1 atom stereocenters. The molecular formula is C18H24N2O2S2. The van der Waals surface area contributed by atoms with Crippen molar-refractivity contribution in [3.8, 4) is 0 Å². The lowest BCUT2D eigenvalue weighted by atomic mass is 9.89. The highest BCUT2D eigenvalue weighted by Crippen LogP contribution is 2.36. The lowest BCUT2D eigenvalue weighted by Crippen LogP contribution is -2.26. The van der Waals surface area contributed by atoms with Crippen molar-refractivity contribution in [2.75, 3.05) is 5.75 Å². The van der Waals surface area contributed by atoms with E-state index >= 15 is 0 Å². The van der Waals surface area contributed by atoms with Crippen LogP contribution in [0.15, 0.2) is 22.6 Å². The van der Waals surface area contributed by atoms with Crippen LogP contribution in [0.1, 0.15) is 37.6 Å². The van der Waals surface area contributed by atoms with E-state index in [9.17, 15) is 9.90 Å². The highest BCUT2D eigenvalue weighted by atomic mass is 32.2. The van der Waals surface area contributed by atoms with Gasteiger partial charge in [-0.25, -0.2) is 4.98 Å². The Bertz CT molecular complexity index is 830. The molecule has 0 spiro atoms. The number of hydrogen-bond donors (Lipinski definition) is 1. The molecule has 0 saturated heterocycles. The van der Waals surface area contributed by atoms with Crippen molar-refractivity contribution < 1.29 is 5.11 Å². The second-order valence-corrected chi connectivity index (χ2v) is 9.26. The average Bonchev–Trinajstić information content (AvgIpc) is 2.85. The van der Waals surface area contributed by atoms with Gasteiger partial charge in [-0.2, -0.15) is 0 Å². The van der Waals surface area contributed by atoms with Crippen molar-refractivity contribution in [1.82, 2.24) is 9.55 Å². The molecule has 24 heavy (non-hydrogen) atoms. The van der Waals surface area contributed by atoms with E-state index in [1.807, 2.05) is 0 Å². The summed E-state index contributed by atoms with van der Waals surface area (Å²) in [6.07, 6.45) is 4.87. The molecular weight excluding hydrogens is 340 g/mol. The molecule has 1 aliphatic rings. The SMILES string of the molecule is C=CCn1c(SCC(C)(C)O)nc2sc3c(c2c1=O)CCC(C)C3. The molecule has 0 aromatic carbocycles. The zero-order valence-electron chi connectivity index (χ0n) is 14.5. The molecule has 0 radical (unpaired) electrons. The molecule has 0 aliphatic heterocycles. The topological polar surface area (TPSA) is 55.1 Å². The molecule has 130 valence electrons. The van der Waals surface area contributed by atoms with E-state index in [-0.39, 0.29) is 5.56 Å². The summed E-state index contributed by atoms with van der Waals surface area (Å²) in [4.78, 5) is 20.0. The molecule has 2 aromatic rings. The molecule has 1 unspecified atom stereocenters.